The average molecular weight is 265 g/mol. The van der Waals surface area contributed by atoms with Crippen LogP contribution in [0.1, 0.15) is 37.2 Å². The number of hydrogen-bond acceptors (Lipinski definition) is 4. The number of rotatable bonds is 4. The number of nitrogens with zero attached hydrogens (tertiary/aromatic N) is 1. The van der Waals surface area contributed by atoms with Gasteiger partial charge in [-0.1, -0.05) is 6.07 Å². The van der Waals surface area contributed by atoms with Crippen LogP contribution in [0.2, 0.25) is 0 Å². The minimum absolute atomic E-state index is 0.00953. The van der Waals surface area contributed by atoms with Crippen LogP contribution in [-0.4, -0.2) is 23.7 Å². The van der Waals surface area contributed by atoms with Crippen LogP contribution in [0.5, 0.6) is 5.75 Å². The number of ether oxygens (including phenoxy) is 1. The maximum absolute atomic E-state index is 10.8. The van der Waals surface area contributed by atoms with Crippen molar-refractivity contribution in [3.63, 3.8) is 0 Å². The summed E-state index contributed by atoms with van der Waals surface area (Å²) in [5, 5.41) is 20.0. The van der Waals surface area contributed by atoms with Gasteiger partial charge in [-0.25, -0.2) is 0 Å². The Balaban J connectivity index is 2.15. The number of aliphatic hydroxyl groups is 1. The van der Waals surface area contributed by atoms with Gasteiger partial charge in [0.2, 0.25) is 0 Å². The van der Waals surface area contributed by atoms with E-state index in [1.807, 2.05) is 6.07 Å². The van der Waals surface area contributed by atoms with Crippen LogP contribution in [0.3, 0.4) is 0 Å². The van der Waals surface area contributed by atoms with Crippen LogP contribution < -0.4 is 4.74 Å². The topological polar surface area (TPSA) is 72.6 Å². The van der Waals surface area contributed by atoms with Crippen molar-refractivity contribution in [3.05, 3.63) is 33.9 Å². The zero-order chi connectivity index (χ0) is 13.8. The molecule has 0 aromatic heterocycles. The first-order chi connectivity index (χ1) is 9.15. The summed E-state index contributed by atoms with van der Waals surface area (Å²) >= 11 is 0. The molecule has 2 rings (SSSR count). The number of nitro benzene ring substituents is 1. The second-order valence-electron chi connectivity index (χ2n) is 5.09. The van der Waals surface area contributed by atoms with Gasteiger partial charge in [0.25, 0.3) is 0 Å². The molecule has 1 aliphatic rings. The zero-order valence-corrected chi connectivity index (χ0v) is 11.0. The maximum Gasteiger partial charge on any atom is 0.310 e. The van der Waals surface area contributed by atoms with Crippen molar-refractivity contribution < 1.29 is 14.8 Å². The van der Waals surface area contributed by atoms with E-state index in [1.54, 1.807) is 6.07 Å². The molecule has 0 amide bonds. The molecular weight excluding hydrogens is 246 g/mol. The predicted molar refractivity (Wildman–Crippen MR) is 71.4 cm³/mol. The largest absolute Gasteiger partial charge is 0.490 e. The van der Waals surface area contributed by atoms with Crippen molar-refractivity contribution in [3.8, 4) is 5.75 Å². The van der Waals surface area contributed by atoms with E-state index in [2.05, 4.69) is 0 Å². The lowest BCUT2D eigenvalue weighted by Crippen LogP contribution is -2.16. The van der Waals surface area contributed by atoms with Crippen LogP contribution >= 0.6 is 0 Å². The van der Waals surface area contributed by atoms with Gasteiger partial charge in [-0.3, -0.25) is 10.1 Å². The average Bonchev–Trinajstić information content (AvgIpc) is 2.46. The highest BCUT2D eigenvalue weighted by atomic mass is 16.6. The number of methoxy groups -OCH3 is 1. The fourth-order valence-corrected chi connectivity index (χ4v) is 2.78. The zero-order valence-electron chi connectivity index (χ0n) is 11.0. The van der Waals surface area contributed by atoms with Gasteiger partial charge >= 0.3 is 5.69 Å². The Hall–Kier alpha value is -1.62. The molecule has 0 saturated heterocycles. The Morgan fingerprint density at radius 1 is 1.37 bits per heavy atom. The van der Waals surface area contributed by atoms with E-state index in [1.165, 1.54) is 13.2 Å². The number of nitro groups is 1. The van der Waals surface area contributed by atoms with Crippen molar-refractivity contribution in [2.45, 2.75) is 31.6 Å². The van der Waals surface area contributed by atoms with E-state index in [9.17, 15) is 10.1 Å². The van der Waals surface area contributed by atoms with Crippen LogP contribution in [0.15, 0.2) is 18.2 Å². The molecule has 19 heavy (non-hydrogen) atoms. The molecule has 1 aromatic carbocycles. The first kappa shape index (κ1) is 13.8. The summed E-state index contributed by atoms with van der Waals surface area (Å²) in [6, 6.07) is 5.12. The minimum atomic E-state index is -0.425. The second-order valence-corrected chi connectivity index (χ2v) is 5.09. The lowest BCUT2D eigenvalue weighted by Gasteiger charge is -2.27. The Morgan fingerprint density at radius 2 is 2.05 bits per heavy atom. The molecule has 0 bridgehead atoms. The molecule has 0 spiro atoms. The molecule has 1 saturated carbocycles. The van der Waals surface area contributed by atoms with Crippen LogP contribution in [0, 0.1) is 16.0 Å². The molecule has 0 unspecified atom stereocenters. The van der Waals surface area contributed by atoms with Crippen molar-refractivity contribution in [2.24, 2.45) is 5.92 Å². The van der Waals surface area contributed by atoms with E-state index >= 15 is 0 Å². The lowest BCUT2D eigenvalue weighted by atomic mass is 9.79. The van der Waals surface area contributed by atoms with Gasteiger partial charge in [0.15, 0.2) is 5.75 Å². The fourth-order valence-electron chi connectivity index (χ4n) is 2.78. The number of aliphatic hydroxyl groups excluding tert-OH is 1. The first-order valence-corrected chi connectivity index (χ1v) is 6.59. The summed E-state index contributed by atoms with van der Waals surface area (Å²) in [6.45, 7) is 0.260. The van der Waals surface area contributed by atoms with E-state index in [4.69, 9.17) is 9.84 Å². The van der Waals surface area contributed by atoms with Crippen LogP contribution in [0.4, 0.5) is 5.69 Å². The van der Waals surface area contributed by atoms with Crippen LogP contribution in [0.25, 0.3) is 0 Å². The van der Waals surface area contributed by atoms with Gasteiger partial charge in [0, 0.05) is 12.7 Å². The van der Waals surface area contributed by atoms with Gasteiger partial charge in [-0.05, 0) is 49.1 Å². The fraction of sp³-hybridized carbons (Fsp3) is 0.571. The van der Waals surface area contributed by atoms with Crippen molar-refractivity contribution in [2.75, 3.05) is 13.7 Å². The molecule has 1 fully saturated rings. The molecule has 1 aliphatic carbocycles. The third-order valence-electron chi connectivity index (χ3n) is 3.98. The van der Waals surface area contributed by atoms with Crippen molar-refractivity contribution >= 4 is 5.69 Å². The van der Waals surface area contributed by atoms with E-state index in [0.29, 0.717) is 17.6 Å². The van der Waals surface area contributed by atoms with Gasteiger partial charge in [-0.15, -0.1) is 0 Å². The minimum Gasteiger partial charge on any atom is -0.490 e. The van der Waals surface area contributed by atoms with Crippen molar-refractivity contribution in [1.29, 1.82) is 0 Å². The molecule has 0 aliphatic heterocycles. The van der Waals surface area contributed by atoms with E-state index in [-0.39, 0.29) is 12.3 Å². The third kappa shape index (κ3) is 3.04. The standard InChI is InChI=1S/C14H19NO4/c1-19-14-8-12(6-7-13(14)15(17)18)11-4-2-10(9-16)3-5-11/h6-8,10-11,16H,2-5,9H2,1H3. The smallest absolute Gasteiger partial charge is 0.310 e. The Labute approximate surface area is 112 Å². The van der Waals surface area contributed by atoms with Crippen LogP contribution in [-0.2, 0) is 0 Å². The predicted octanol–water partition coefficient (Wildman–Crippen LogP) is 2.87. The van der Waals surface area contributed by atoms with Gasteiger partial charge in [0.05, 0.1) is 12.0 Å². The first-order valence-electron chi connectivity index (χ1n) is 6.59. The third-order valence-corrected chi connectivity index (χ3v) is 3.98. The Kier molecular flexibility index (Phi) is 4.37. The van der Waals surface area contributed by atoms with E-state index in [0.717, 1.165) is 31.2 Å². The molecule has 104 valence electrons. The van der Waals surface area contributed by atoms with Gasteiger partial charge < -0.3 is 9.84 Å². The van der Waals surface area contributed by atoms with E-state index < -0.39 is 4.92 Å². The SMILES string of the molecule is COc1cc(C2CCC(CO)CC2)ccc1[N+](=O)[O-]. The second kappa shape index (κ2) is 6.02. The summed E-state index contributed by atoms with van der Waals surface area (Å²) in [4.78, 5) is 10.4. The highest BCUT2D eigenvalue weighted by Gasteiger charge is 2.24. The lowest BCUT2D eigenvalue weighted by molar-refractivity contribution is -0.385. The quantitative estimate of drug-likeness (QED) is 0.671. The molecule has 1 aromatic rings. The number of benzene rings is 1. The molecule has 0 radical (unpaired) electrons. The Bertz CT molecular complexity index is 453. The number of hydrogen-bond donors (Lipinski definition) is 1. The molecule has 0 atom stereocenters. The van der Waals surface area contributed by atoms with Gasteiger partial charge in [0.1, 0.15) is 0 Å². The maximum atomic E-state index is 10.8. The normalized spacial score (nSPS) is 23.1. The summed E-state index contributed by atoms with van der Waals surface area (Å²) in [5.41, 5.74) is 1.11. The summed E-state index contributed by atoms with van der Waals surface area (Å²) in [6.07, 6.45) is 4.07. The molecule has 0 heterocycles. The van der Waals surface area contributed by atoms with Gasteiger partial charge in [-0.2, -0.15) is 0 Å². The highest BCUT2D eigenvalue weighted by molar-refractivity contribution is 5.49. The summed E-state index contributed by atoms with van der Waals surface area (Å²) in [5.74, 6) is 1.15. The molecule has 5 nitrogen and oxygen atoms in total. The molecule has 5 heteroatoms. The molecular formula is C14H19NO4. The monoisotopic (exact) mass is 265 g/mol. The Morgan fingerprint density at radius 3 is 2.58 bits per heavy atom. The highest BCUT2D eigenvalue weighted by Crippen LogP contribution is 2.38. The summed E-state index contributed by atoms with van der Waals surface area (Å²) < 4.78 is 5.10. The summed E-state index contributed by atoms with van der Waals surface area (Å²) in [7, 11) is 1.45. The molecule has 1 N–H and O–H groups in total. The van der Waals surface area contributed by atoms with Crippen molar-refractivity contribution in [1.82, 2.24) is 0 Å².